The summed E-state index contributed by atoms with van der Waals surface area (Å²) in [5.41, 5.74) is -3.91. The Morgan fingerprint density at radius 1 is 0.619 bits per heavy atom. The number of nitrogens with one attached hydrogen (secondary N) is 1. The summed E-state index contributed by atoms with van der Waals surface area (Å²) in [6.07, 6.45) is -8.81. The van der Waals surface area contributed by atoms with Gasteiger partial charge in [-0.25, -0.2) is 5.43 Å². The molecule has 4 aromatic rings. The lowest BCUT2D eigenvalue weighted by Crippen LogP contribution is -2.55. The molecule has 10 aliphatic rings. The second kappa shape index (κ2) is 26.0. The van der Waals surface area contributed by atoms with E-state index in [-0.39, 0.29) is 111 Å². The number of benzene rings is 4. The number of hydrogen-bond acceptors (Lipinski definition) is 28. The van der Waals surface area contributed by atoms with Crippen molar-refractivity contribution in [1.82, 2.24) is 15.2 Å². The number of morpholine rings is 2. The normalized spacial score (nSPS) is 32.6. The van der Waals surface area contributed by atoms with E-state index in [1.807, 2.05) is 13.8 Å². The molecule has 0 unspecified atom stereocenters. The lowest BCUT2D eigenvalue weighted by molar-refractivity contribution is -0.256. The first-order chi connectivity index (χ1) is 46.3. The van der Waals surface area contributed by atoms with E-state index in [1.54, 1.807) is 34.1 Å². The molecule has 6 fully saturated rings. The Hall–Kier alpha value is -7.43. The zero-order valence-electron chi connectivity index (χ0n) is 54.7. The number of ether oxygens (including phenoxy) is 12. The second-order valence-corrected chi connectivity index (χ2v) is 26.3. The van der Waals surface area contributed by atoms with Gasteiger partial charge in [0, 0.05) is 117 Å². The Morgan fingerprint density at radius 3 is 1.44 bits per heavy atom. The van der Waals surface area contributed by atoms with Crippen molar-refractivity contribution in [3.8, 4) is 34.5 Å². The molecule has 29 heteroatoms. The highest BCUT2D eigenvalue weighted by molar-refractivity contribution is 6.32. The van der Waals surface area contributed by atoms with E-state index in [2.05, 4.69) is 20.3 Å². The molecule has 4 aromatic carbocycles. The number of amides is 1. The third-order valence-corrected chi connectivity index (χ3v) is 20.5. The molecule has 0 saturated carbocycles. The quantitative estimate of drug-likeness (QED) is 0.0468. The zero-order chi connectivity index (χ0) is 69.2. The minimum atomic E-state index is -2.07. The highest BCUT2D eigenvalue weighted by Crippen LogP contribution is 2.56. The first-order valence-corrected chi connectivity index (χ1v) is 32.2. The predicted molar refractivity (Wildman–Crippen MR) is 331 cm³/mol. The summed E-state index contributed by atoms with van der Waals surface area (Å²) in [4.78, 5) is 85.0. The van der Waals surface area contributed by atoms with Gasteiger partial charge in [0.05, 0.1) is 97.5 Å². The van der Waals surface area contributed by atoms with Gasteiger partial charge in [-0.1, -0.05) is 38.1 Å². The van der Waals surface area contributed by atoms with Crippen LogP contribution < -0.4 is 14.9 Å². The van der Waals surface area contributed by atoms with Crippen LogP contribution in [-0.4, -0.2) is 233 Å². The van der Waals surface area contributed by atoms with Gasteiger partial charge in [-0.2, -0.15) is 5.10 Å². The molecule has 16 atom stereocenters. The number of ketones is 5. The van der Waals surface area contributed by atoms with Gasteiger partial charge in [-0.3, -0.25) is 38.6 Å². The zero-order valence-corrected chi connectivity index (χ0v) is 54.7. The van der Waals surface area contributed by atoms with E-state index < -0.39 is 173 Å². The van der Waals surface area contributed by atoms with Crippen molar-refractivity contribution < 1.29 is 121 Å². The van der Waals surface area contributed by atoms with Crippen molar-refractivity contribution in [2.45, 2.75) is 171 Å². The predicted octanol–water partition coefficient (Wildman–Crippen LogP) is 3.01. The molecule has 6 heterocycles. The molecule has 520 valence electrons. The molecule has 6 aliphatic heterocycles. The fraction of sp³-hybridized carbons (Fsp3) is 0.544. The molecule has 0 spiro atoms. The number of aromatic hydroxyl groups is 4. The molecule has 0 bridgehead atoms. The van der Waals surface area contributed by atoms with Gasteiger partial charge >= 0.3 is 0 Å². The number of aliphatic hydroxyl groups excluding tert-OH is 1. The summed E-state index contributed by atoms with van der Waals surface area (Å²) in [6, 6.07) is 8.65. The second-order valence-electron chi connectivity index (χ2n) is 26.3. The number of nitrogens with zero attached hydrogens (tertiary/aromatic N) is 3. The molecule has 4 aliphatic carbocycles. The minimum absolute atomic E-state index is 0.00185. The number of Topliss-reactive ketones (excluding diaryl/α,β-unsaturated/α-hetero) is 1. The summed E-state index contributed by atoms with van der Waals surface area (Å²) in [6.45, 7) is 9.44. The monoisotopic (exact) mass is 1350 g/mol. The maximum absolute atomic E-state index is 14.1. The van der Waals surface area contributed by atoms with Crippen LogP contribution in [0.4, 0.5) is 0 Å². The number of aliphatic hydroxyl groups is 3. The van der Waals surface area contributed by atoms with Crippen LogP contribution in [0.3, 0.4) is 0 Å². The van der Waals surface area contributed by atoms with Crippen molar-refractivity contribution in [3.63, 3.8) is 0 Å². The molecule has 14 rings (SSSR count). The van der Waals surface area contributed by atoms with Crippen LogP contribution in [0.2, 0.25) is 0 Å². The van der Waals surface area contributed by atoms with Crippen molar-refractivity contribution >= 4 is 40.5 Å². The van der Waals surface area contributed by atoms with Crippen LogP contribution in [0.25, 0.3) is 0 Å². The van der Waals surface area contributed by atoms with Gasteiger partial charge in [-0.05, 0) is 32.9 Å². The summed E-state index contributed by atoms with van der Waals surface area (Å²) in [7, 11) is 5.80. The molecular formula is C68H78N4O25. The average molecular weight is 1350 g/mol. The molecule has 29 nitrogen and oxygen atoms in total. The van der Waals surface area contributed by atoms with Crippen LogP contribution >= 0.6 is 0 Å². The first kappa shape index (κ1) is 68.1. The third-order valence-electron chi connectivity index (χ3n) is 20.5. The Balaban J connectivity index is 0.000000177. The number of carbonyl (C=O) groups excluding carboxylic acids is 6. The largest absolute Gasteiger partial charge is 0.507 e. The Bertz CT molecular complexity index is 3930. The summed E-state index contributed by atoms with van der Waals surface area (Å²) in [5, 5.41) is 85.3. The topological polar surface area (TPSA) is 386 Å². The number of rotatable bonds is 13. The standard InChI is InChI=1S/C36H43N3O13.C32H35NO12/c1-15(2)33(45)38-37-22(14-40)36(46)12-18-25(31(44)27-26(29(18)42)28(41)17-7-6-8-20(47-4)24(17)30(27)43)21(13-36)51-23-11-19-32(16(3)50-23)52-34-35(48-5)49-10-9-39(19)34;1-13-29-17(33-8-9-42-31(41-4)30(33)45-29)10-20(43-13)44-19-12-32(39,14(2)34)11-16-22(19)28(38)24-23(26(16)36)25(35)15-6-5-7-18(40-3)21(15)27(24)37/h6-8,15-16,19,21,23,32,34-35,40,42,44,46H,9-14H2,1-5H3,(H,38,45);5-7,13,17,19-20,29-31,36,38-39H,8-12H2,1-4H3/b37-22+;/t16-,19-,21-,23-,32+,34+,35-,36-;13-,17-,19-,20-,29+,30+,31-,32-/m00/s1. The Labute approximate surface area is 555 Å². The van der Waals surface area contributed by atoms with E-state index in [1.165, 1.54) is 51.5 Å². The Morgan fingerprint density at radius 2 is 1.04 bits per heavy atom. The van der Waals surface area contributed by atoms with E-state index in [0.717, 1.165) is 0 Å². The van der Waals surface area contributed by atoms with Crippen molar-refractivity contribution in [3.05, 3.63) is 103 Å². The van der Waals surface area contributed by atoms with Gasteiger partial charge < -0.3 is 92.6 Å². The molecule has 0 aromatic heterocycles. The number of carbonyl (C=O) groups is 6. The smallest absolute Gasteiger partial charge is 0.242 e. The highest BCUT2D eigenvalue weighted by Gasteiger charge is 2.58. The SMILES string of the molecule is COc1cccc2c1C(=O)c1c(O)c3c(c(O)c1C2=O)C[C@@](O)(/C(CO)=N/NC(=O)C(C)C)C[C@@H]3O[C@H]1C[C@H]2[C@H](O[C@@H]3[C@@H](OC)OCCN32)[C@H](C)O1.COc1cccc2c1C(=O)c1c(O)c3c(c(O)c1C2=O)C[C@@](O)(C(C)=O)C[C@@H]3O[C@H]1C[C@H]2[C@H](O[C@@H]3[C@@H](OC)OCCN32)[C@H](C)O1. The molecule has 0 radical (unpaired) electrons. The number of methoxy groups -OCH3 is 4. The van der Waals surface area contributed by atoms with Gasteiger partial charge in [0.15, 0.2) is 55.0 Å². The van der Waals surface area contributed by atoms with Gasteiger partial charge in [0.1, 0.15) is 57.9 Å². The van der Waals surface area contributed by atoms with Crippen LogP contribution in [-0.2, 0) is 69.8 Å². The van der Waals surface area contributed by atoms with E-state index >= 15 is 0 Å². The maximum Gasteiger partial charge on any atom is 0.242 e. The summed E-state index contributed by atoms with van der Waals surface area (Å²) >= 11 is 0. The fourth-order valence-electron chi connectivity index (χ4n) is 15.7. The minimum Gasteiger partial charge on any atom is -0.507 e. The van der Waals surface area contributed by atoms with Gasteiger partial charge in [-0.15, -0.1) is 0 Å². The molecule has 1 amide bonds. The van der Waals surface area contributed by atoms with E-state index in [9.17, 15) is 64.5 Å². The van der Waals surface area contributed by atoms with Gasteiger partial charge in [0.25, 0.3) is 0 Å². The van der Waals surface area contributed by atoms with Crippen LogP contribution in [0, 0.1) is 5.92 Å². The van der Waals surface area contributed by atoms with Crippen LogP contribution in [0.15, 0.2) is 41.5 Å². The maximum atomic E-state index is 14.1. The number of phenols is 4. The summed E-state index contributed by atoms with van der Waals surface area (Å²) < 4.78 is 71.3. The number of phenolic OH excluding ortho intramolecular Hbond substituents is 4. The number of hydrazone groups is 1. The van der Waals surface area contributed by atoms with E-state index in [0.29, 0.717) is 32.7 Å². The lowest BCUT2D eigenvalue weighted by atomic mass is 9.71. The molecule has 8 N–H and O–H groups in total. The van der Waals surface area contributed by atoms with Crippen molar-refractivity contribution in [2.75, 3.05) is 61.3 Å². The Kier molecular flexibility index (Phi) is 18.3. The van der Waals surface area contributed by atoms with Gasteiger partial charge in [0.2, 0.25) is 17.5 Å². The van der Waals surface area contributed by atoms with Crippen LogP contribution in [0.1, 0.15) is 158 Å². The number of hydrogen-bond donors (Lipinski definition) is 8. The summed E-state index contributed by atoms with van der Waals surface area (Å²) in [5.74, 6) is -6.57. The van der Waals surface area contributed by atoms with Crippen LogP contribution in [0.5, 0.6) is 34.5 Å². The van der Waals surface area contributed by atoms with Crippen molar-refractivity contribution in [1.29, 1.82) is 0 Å². The number of fused-ring (bicyclic) bond motifs is 12. The first-order valence-electron chi connectivity index (χ1n) is 32.2. The molecule has 97 heavy (non-hydrogen) atoms. The highest BCUT2D eigenvalue weighted by atomic mass is 16.7. The lowest BCUT2D eigenvalue weighted by Gasteiger charge is -2.44. The molecule has 6 saturated heterocycles. The molecular weight excluding hydrogens is 1270 g/mol. The van der Waals surface area contributed by atoms with E-state index in [4.69, 9.17) is 56.8 Å². The third kappa shape index (κ3) is 11.2. The average Bonchev–Trinajstić information content (AvgIpc) is 1.31. The van der Waals surface area contributed by atoms with Crippen molar-refractivity contribution in [2.24, 2.45) is 11.0 Å². The fourth-order valence-corrected chi connectivity index (χ4v) is 15.7.